The Hall–Kier alpha value is -0.380. The van der Waals surface area contributed by atoms with Crippen LogP contribution in [-0.2, 0) is 5.41 Å². The van der Waals surface area contributed by atoms with Crippen molar-refractivity contribution in [2.24, 2.45) is 10.9 Å². The molecule has 0 spiro atoms. The van der Waals surface area contributed by atoms with Gasteiger partial charge in [0.1, 0.15) is 0 Å². The third-order valence-corrected chi connectivity index (χ3v) is 7.89. The number of hydrogen-bond donors (Lipinski definition) is 2. The Kier molecular flexibility index (Phi) is 11.4. The average molecular weight is 548 g/mol. The number of nitrogens with one attached hydrogen (secondary N) is 2. The summed E-state index contributed by atoms with van der Waals surface area (Å²) in [5, 5.41) is 9.47. The van der Waals surface area contributed by atoms with Crippen molar-refractivity contribution in [2.45, 2.75) is 51.4 Å². The maximum absolute atomic E-state index is 4.50. The first kappa shape index (κ1) is 25.9. The molecule has 2 fully saturated rings. The quantitative estimate of drug-likeness (QED) is 0.293. The molecular weight excluding hydrogens is 505 g/mol. The van der Waals surface area contributed by atoms with Crippen LogP contribution in [0.3, 0.4) is 0 Å². The summed E-state index contributed by atoms with van der Waals surface area (Å²) < 4.78 is 0. The average Bonchev–Trinajstić information content (AvgIpc) is 3.31. The van der Waals surface area contributed by atoms with Crippen molar-refractivity contribution in [3.63, 3.8) is 0 Å². The van der Waals surface area contributed by atoms with Crippen molar-refractivity contribution in [3.05, 3.63) is 22.4 Å². The highest BCUT2D eigenvalue weighted by Gasteiger charge is 2.34. The number of hydrogen-bond acceptors (Lipinski definition) is 4. The van der Waals surface area contributed by atoms with Gasteiger partial charge in [0.25, 0.3) is 0 Å². The van der Waals surface area contributed by atoms with Crippen molar-refractivity contribution in [2.75, 3.05) is 59.4 Å². The third kappa shape index (κ3) is 7.35. The number of guanidine groups is 1. The third-order valence-electron chi connectivity index (χ3n) is 6.77. The van der Waals surface area contributed by atoms with Crippen LogP contribution in [0.4, 0.5) is 0 Å². The summed E-state index contributed by atoms with van der Waals surface area (Å²) in [7, 11) is 1.89. The number of nitrogens with zero attached hydrogens (tertiary/aromatic N) is 3. The molecule has 2 heterocycles. The first-order chi connectivity index (χ1) is 14.1. The molecule has 1 aliphatic carbocycles. The lowest BCUT2D eigenvalue weighted by atomic mass is 9.73. The summed E-state index contributed by atoms with van der Waals surface area (Å²) in [6.07, 6.45) is 6.64. The fourth-order valence-electron chi connectivity index (χ4n) is 4.86. The van der Waals surface area contributed by atoms with E-state index in [1.807, 2.05) is 18.4 Å². The minimum Gasteiger partial charge on any atom is -0.356 e. The van der Waals surface area contributed by atoms with Gasteiger partial charge in [-0.15, -0.1) is 35.3 Å². The molecule has 0 aromatic carbocycles. The van der Waals surface area contributed by atoms with Crippen molar-refractivity contribution in [3.8, 4) is 0 Å². The van der Waals surface area contributed by atoms with E-state index in [4.69, 9.17) is 0 Å². The van der Waals surface area contributed by atoms with E-state index in [1.54, 1.807) is 4.88 Å². The fourth-order valence-corrected chi connectivity index (χ4v) is 5.84. The standard InChI is InChI=1S/C23H41N5S.HI/c1-4-27-12-14-28(15-13-27)18-20(2)17-25-22(24-3)26-19-23(10-6-5-7-11-23)21-9-8-16-29-21;/h8-9,16,20H,4-7,10-15,17-19H2,1-3H3,(H2,24,25,26);1H. The molecule has 1 unspecified atom stereocenters. The second kappa shape index (κ2) is 13.2. The van der Waals surface area contributed by atoms with E-state index in [9.17, 15) is 0 Å². The van der Waals surface area contributed by atoms with Crippen LogP contribution in [0.5, 0.6) is 0 Å². The van der Waals surface area contributed by atoms with Gasteiger partial charge in [0, 0.05) is 63.2 Å². The largest absolute Gasteiger partial charge is 0.356 e. The smallest absolute Gasteiger partial charge is 0.191 e. The molecule has 7 heteroatoms. The highest BCUT2D eigenvalue weighted by molar-refractivity contribution is 14.0. The minimum atomic E-state index is 0. The molecule has 30 heavy (non-hydrogen) atoms. The Bertz CT molecular complexity index is 607. The van der Waals surface area contributed by atoms with Crippen LogP contribution in [0.15, 0.2) is 22.5 Å². The molecule has 1 saturated carbocycles. The van der Waals surface area contributed by atoms with Crippen LogP contribution in [0.25, 0.3) is 0 Å². The SMILES string of the molecule is CCN1CCN(CC(C)CNC(=NC)NCC2(c3cccs3)CCCCC2)CC1.I. The molecule has 1 atom stereocenters. The van der Waals surface area contributed by atoms with E-state index in [-0.39, 0.29) is 29.4 Å². The molecular formula is C23H42IN5S. The van der Waals surface area contributed by atoms with Crippen LogP contribution < -0.4 is 10.6 Å². The lowest BCUT2D eigenvalue weighted by Crippen LogP contribution is -2.49. The van der Waals surface area contributed by atoms with Crippen LogP contribution in [0.2, 0.25) is 0 Å². The van der Waals surface area contributed by atoms with Gasteiger partial charge in [-0.1, -0.05) is 39.2 Å². The fraction of sp³-hybridized carbons (Fsp3) is 0.783. The predicted octanol–water partition coefficient (Wildman–Crippen LogP) is 4.01. The van der Waals surface area contributed by atoms with Crippen molar-refractivity contribution < 1.29 is 0 Å². The van der Waals surface area contributed by atoms with E-state index in [1.165, 1.54) is 71.4 Å². The Labute approximate surface area is 205 Å². The molecule has 3 rings (SSSR count). The highest BCUT2D eigenvalue weighted by atomic mass is 127. The zero-order valence-corrected chi connectivity index (χ0v) is 22.3. The number of aliphatic imine (C=N–C) groups is 1. The van der Waals surface area contributed by atoms with Gasteiger partial charge in [0.2, 0.25) is 0 Å². The lowest BCUT2D eigenvalue weighted by Gasteiger charge is -2.37. The van der Waals surface area contributed by atoms with Crippen molar-refractivity contribution in [1.82, 2.24) is 20.4 Å². The number of halogens is 1. The summed E-state index contributed by atoms with van der Waals surface area (Å²) in [6, 6.07) is 4.53. The maximum atomic E-state index is 4.50. The molecule has 2 aliphatic rings. The number of rotatable bonds is 8. The summed E-state index contributed by atoms with van der Waals surface area (Å²) in [6.45, 7) is 13.7. The van der Waals surface area contributed by atoms with Gasteiger partial charge in [0.05, 0.1) is 0 Å². The Balaban J connectivity index is 0.00000320. The maximum Gasteiger partial charge on any atom is 0.191 e. The van der Waals surface area contributed by atoms with Gasteiger partial charge in [-0.05, 0) is 36.8 Å². The molecule has 0 amide bonds. The van der Waals surface area contributed by atoms with Crippen LogP contribution >= 0.6 is 35.3 Å². The Morgan fingerprint density at radius 3 is 2.43 bits per heavy atom. The van der Waals surface area contributed by atoms with Gasteiger partial charge in [-0.25, -0.2) is 0 Å². The topological polar surface area (TPSA) is 42.9 Å². The zero-order valence-electron chi connectivity index (χ0n) is 19.2. The number of likely N-dealkylation sites (N-methyl/N-ethyl adjacent to an activating group) is 1. The summed E-state index contributed by atoms with van der Waals surface area (Å²) >= 11 is 1.92. The van der Waals surface area contributed by atoms with Crippen LogP contribution in [0, 0.1) is 5.92 Å². The monoisotopic (exact) mass is 547 g/mol. The Morgan fingerprint density at radius 2 is 1.83 bits per heavy atom. The van der Waals surface area contributed by atoms with Crippen LogP contribution in [0.1, 0.15) is 50.8 Å². The summed E-state index contributed by atoms with van der Waals surface area (Å²) in [5.41, 5.74) is 0.286. The van der Waals surface area contributed by atoms with Crippen molar-refractivity contribution >= 4 is 41.3 Å². The van der Waals surface area contributed by atoms with E-state index in [0.717, 1.165) is 19.0 Å². The van der Waals surface area contributed by atoms with Crippen molar-refractivity contribution in [1.29, 1.82) is 0 Å². The molecule has 1 aliphatic heterocycles. The highest BCUT2D eigenvalue weighted by Crippen LogP contribution is 2.41. The van der Waals surface area contributed by atoms with Gasteiger partial charge in [-0.2, -0.15) is 0 Å². The van der Waals surface area contributed by atoms with E-state index < -0.39 is 0 Å². The molecule has 172 valence electrons. The molecule has 0 bridgehead atoms. The molecule has 5 nitrogen and oxygen atoms in total. The molecule has 1 aromatic heterocycles. The predicted molar refractivity (Wildman–Crippen MR) is 142 cm³/mol. The van der Waals surface area contributed by atoms with Gasteiger partial charge in [-0.3, -0.25) is 4.99 Å². The molecule has 1 saturated heterocycles. The molecule has 2 N–H and O–H groups in total. The lowest BCUT2D eigenvalue weighted by molar-refractivity contribution is 0.124. The van der Waals surface area contributed by atoms with Gasteiger partial charge >= 0.3 is 0 Å². The van der Waals surface area contributed by atoms with Gasteiger partial charge < -0.3 is 20.4 Å². The second-order valence-corrected chi connectivity index (χ2v) is 9.91. The number of thiophene rings is 1. The van der Waals surface area contributed by atoms with E-state index in [0.29, 0.717) is 5.92 Å². The van der Waals surface area contributed by atoms with E-state index >= 15 is 0 Å². The zero-order chi connectivity index (χ0) is 20.5. The Morgan fingerprint density at radius 1 is 1.13 bits per heavy atom. The van der Waals surface area contributed by atoms with E-state index in [2.05, 4.69) is 56.8 Å². The summed E-state index contributed by atoms with van der Waals surface area (Å²) in [5.74, 6) is 1.57. The second-order valence-electron chi connectivity index (χ2n) is 8.97. The minimum absolute atomic E-state index is 0. The molecule has 1 aromatic rings. The normalized spacial score (nSPS) is 21.6. The van der Waals surface area contributed by atoms with Gasteiger partial charge in [0.15, 0.2) is 5.96 Å². The first-order valence-corrected chi connectivity index (χ1v) is 12.5. The number of piperazine rings is 1. The molecule has 0 radical (unpaired) electrons. The summed E-state index contributed by atoms with van der Waals surface area (Å²) in [4.78, 5) is 11.2. The van der Waals surface area contributed by atoms with Crippen LogP contribution in [-0.4, -0.2) is 75.2 Å². The first-order valence-electron chi connectivity index (χ1n) is 11.6.